The second-order valence-corrected chi connectivity index (χ2v) is 10.1. The summed E-state index contributed by atoms with van der Waals surface area (Å²) < 4.78 is 10.9. The van der Waals surface area contributed by atoms with Gasteiger partial charge in [-0.15, -0.1) is 23.1 Å². The number of rotatable bonds is 7. The molecule has 0 bridgehead atoms. The van der Waals surface area contributed by atoms with E-state index in [4.69, 9.17) is 31.0 Å². The monoisotopic (exact) mass is 483 g/mol. The van der Waals surface area contributed by atoms with E-state index in [1.807, 2.05) is 42.5 Å². The average molecular weight is 484 g/mol. The third-order valence-electron chi connectivity index (χ3n) is 5.41. The van der Waals surface area contributed by atoms with Gasteiger partial charge < -0.3 is 14.8 Å². The molecule has 2 aromatic heterocycles. The summed E-state index contributed by atoms with van der Waals surface area (Å²) >= 11 is 9.51. The quantitative estimate of drug-likeness (QED) is 0.289. The zero-order chi connectivity index (χ0) is 22.1. The van der Waals surface area contributed by atoms with Crippen molar-refractivity contribution in [2.75, 3.05) is 19.5 Å². The van der Waals surface area contributed by atoms with Crippen molar-refractivity contribution in [1.82, 2.24) is 9.97 Å². The molecule has 5 rings (SSSR count). The molecule has 0 spiro atoms. The molecule has 0 saturated carbocycles. The number of nitrogens with zero attached hydrogens (tertiary/aromatic N) is 2. The summed E-state index contributed by atoms with van der Waals surface area (Å²) in [7, 11) is 3.30. The SMILES string of the molecule is COc1cc(Nc2nc(CSc3ccc(Cl)cc3)nc3sc4c(c23)CCC4)cc(OC)c1. The van der Waals surface area contributed by atoms with Gasteiger partial charge in [-0.2, -0.15) is 0 Å². The summed E-state index contributed by atoms with van der Waals surface area (Å²) in [6, 6.07) is 13.6. The number of methoxy groups -OCH3 is 2. The Morgan fingerprint density at radius 1 is 1.03 bits per heavy atom. The molecule has 2 heterocycles. The number of aryl methyl sites for hydroxylation is 2. The van der Waals surface area contributed by atoms with Gasteiger partial charge in [-0.1, -0.05) is 11.6 Å². The first kappa shape index (κ1) is 21.4. The molecule has 32 heavy (non-hydrogen) atoms. The van der Waals surface area contributed by atoms with Gasteiger partial charge >= 0.3 is 0 Å². The Bertz CT molecular complexity index is 1250. The molecule has 1 N–H and O–H groups in total. The topological polar surface area (TPSA) is 56.3 Å². The van der Waals surface area contributed by atoms with Crippen molar-refractivity contribution < 1.29 is 9.47 Å². The first-order valence-electron chi connectivity index (χ1n) is 10.3. The predicted molar refractivity (Wildman–Crippen MR) is 133 cm³/mol. The number of anilines is 2. The minimum absolute atomic E-state index is 0.677. The number of halogens is 1. The van der Waals surface area contributed by atoms with E-state index in [0.717, 1.165) is 61.8 Å². The molecule has 4 aromatic rings. The minimum Gasteiger partial charge on any atom is -0.497 e. The van der Waals surface area contributed by atoms with Gasteiger partial charge in [0.25, 0.3) is 0 Å². The Morgan fingerprint density at radius 3 is 2.50 bits per heavy atom. The summed E-state index contributed by atoms with van der Waals surface area (Å²) in [5.41, 5.74) is 2.26. The number of nitrogens with one attached hydrogen (secondary N) is 1. The van der Waals surface area contributed by atoms with Crippen LogP contribution in [0.1, 0.15) is 22.7 Å². The Labute approximate surface area is 200 Å². The first-order chi connectivity index (χ1) is 15.6. The number of fused-ring (bicyclic) bond motifs is 3. The maximum absolute atomic E-state index is 6.01. The van der Waals surface area contributed by atoms with Crippen LogP contribution in [0.2, 0.25) is 5.02 Å². The number of thiophene rings is 1. The van der Waals surface area contributed by atoms with Gasteiger partial charge in [0.15, 0.2) is 0 Å². The van der Waals surface area contributed by atoms with E-state index < -0.39 is 0 Å². The van der Waals surface area contributed by atoms with Crippen molar-refractivity contribution in [3.8, 4) is 11.5 Å². The minimum atomic E-state index is 0.677. The average Bonchev–Trinajstić information content (AvgIpc) is 3.39. The molecule has 0 saturated heterocycles. The molecule has 2 aromatic carbocycles. The normalized spacial score (nSPS) is 12.7. The fourth-order valence-electron chi connectivity index (χ4n) is 3.89. The molecular formula is C24H22ClN3O2S2. The van der Waals surface area contributed by atoms with Crippen LogP contribution in [0.25, 0.3) is 10.2 Å². The van der Waals surface area contributed by atoms with Crippen molar-refractivity contribution in [1.29, 1.82) is 0 Å². The van der Waals surface area contributed by atoms with Crippen LogP contribution in [0.15, 0.2) is 47.4 Å². The second-order valence-electron chi connectivity index (χ2n) is 7.49. The molecule has 0 amide bonds. The van der Waals surface area contributed by atoms with Gasteiger partial charge in [0.2, 0.25) is 0 Å². The number of hydrogen-bond acceptors (Lipinski definition) is 7. The van der Waals surface area contributed by atoms with Gasteiger partial charge in [0, 0.05) is 38.7 Å². The molecule has 1 aliphatic carbocycles. The highest BCUT2D eigenvalue weighted by Gasteiger charge is 2.22. The van der Waals surface area contributed by atoms with Crippen molar-refractivity contribution in [2.45, 2.75) is 29.9 Å². The van der Waals surface area contributed by atoms with Gasteiger partial charge in [-0.3, -0.25) is 0 Å². The Balaban J connectivity index is 1.52. The van der Waals surface area contributed by atoms with E-state index in [1.165, 1.54) is 16.9 Å². The van der Waals surface area contributed by atoms with Crippen LogP contribution in [-0.2, 0) is 18.6 Å². The van der Waals surface area contributed by atoms with Crippen LogP contribution in [0.4, 0.5) is 11.5 Å². The molecular weight excluding hydrogens is 462 g/mol. The Hall–Kier alpha value is -2.48. The van der Waals surface area contributed by atoms with E-state index in [2.05, 4.69) is 5.32 Å². The molecule has 0 unspecified atom stereocenters. The summed E-state index contributed by atoms with van der Waals surface area (Å²) in [6.07, 6.45) is 3.39. The van der Waals surface area contributed by atoms with E-state index in [0.29, 0.717) is 5.75 Å². The highest BCUT2D eigenvalue weighted by atomic mass is 35.5. The summed E-state index contributed by atoms with van der Waals surface area (Å²) in [4.78, 5) is 13.5. The number of aromatic nitrogens is 2. The molecule has 0 radical (unpaired) electrons. The zero-order valence-electron chi connectivity index (χ0n) is 17.8. The molecule has 8 heteroatoms. The molecule has 0 atom stereocenters. The van der Waals surface area contributed by atoms with E-state index in [1.54, 1.807) is 37.3 Å². The summed E-state index contributed by atoms with van der Waals surface area (Å²) in [6.45, 7) is 0. The van der Waals surface area contributed by atoms with Crippen molar-refractivity contribution in [3.05, 3.63) is 63.8 Å². The first-order valence-corrected chi connectivity index (χ1v) is 12.5. The lowest BCUT2D eigenvalue weighted by molar-refractivity contribution is 0.395. The highest BCUT2D eigenvalue weighted by molar-refractivity contribution is 7.98. The van der Waals surface area contributed by atoms with E-state index >= 15 is 0 Å². The number of benzene rings is 2. The molecule has 1 aliphatic rings. The molecule has 164 valence electrons. The summed E-state index contributed by atoms with van der Waals surface area (Å²) in [5, 5.41) is 5.41. The smallest absolute Gasteiger partial charge is 0.143 e. The zero-order valence-corrected chi connectivity index (χ0v) is 20.2. The maximum Gasteiger partial charge on any atom is 0.143 e. The second kappa shape index (κ2) is 9.17. The predicted octanol–water partition coefficient (Wildman–Crippen LogP) is 6.89. The largest absolute Gasteiger partial charge is 0.497 e. The standard InChI is InChI=1S/C24H22ClN3O2S2/c1-29-16-10-15(11-17(12-16)30-2)26-23-22-19-4-3-5-20(19)32-24(22)28-21(27-23)13-31-18-8-6-14(25)7-9-18/h6-12H,3-5,13H2,1-2H3,(H,26,27,28). The molecule has 0 aliphatic heterocycles. The fraction of sp³-hybridized carbons (Fsp3) is 0.250. The lowest BCUT2D eigenvalue weighted by atomic mass is 10.2. The van der Waals surface area contributed by atoms with Crippen LogP contribution in [0, 0.1) is 0 Å². The van der Waals surface area contributed by atoms with Crippen LogP contribution >= 0.6 is 34.7 Å². The Kier molecular flexibility index (Phi) is 6.13. The van der Waals surface area contributed by atoms with Crippen molar-refractivity contribution in [2.24, 2.45) is 0 Å². The van der Waals surface area contributed by atoms with Crippen LogP contribution in [-0.4, -0.2) is 24.2 Å². The van der Waals surface area contributed by atoms with Crippen LogP contribution in [0.5, 0.6) is 11.5 Å². The van der Waals surface area contributed by atoms with Crippen LogP contribution in [0.3, 0.4) is 0 Å². The van der Waals surface area contributed by atoms with Gasteiger partial charge in [-0.05, 0) is 49.1 Å². The maximum atomic E-state index is 6.01. The highest BCUT2D eigenvalue weighted by Crippen LogP contribution is 2.41. The van der Waals surface area contributed by atoms with Gasteiger partial charge in [0.1, 0.15) is 28.0 Å². The Morgan fingerprint density at radius 2 is 1.78 bits per heavy atom. The van der Waals surface area contributed by atoms with Crippen LogP contribution < -0.4 is 14.8 Å². The number of hydrogen-bond donors (Lipinski definition) is 1. The number of ether oxygens (including phenoxy) is 2. The fourth-order valence-corrected chi connectivity index (χ4v) is 6.05. The molecule has 0 fully saturated rings. The lowest BCUT2D eigenvalue weighted by Crippen LogP contribution is -2.01. The van der Waals surface area contributed by atoms with Crippen molar-refractivity contribution >= 4 is 56.4 Å². The third-order valence-corrected chi connectivity index (χ3v) is 7.85. The van der Waals surface area contributed by atoms with Gasteiger partial charge in [0.05, 0.1) is 25.4 Å². The lowest BCUT2D eigenvalue weighted by Gasteiger charge is -2.13. The number of thioether (sulfide) groups is 1. The van der Waals surface area contributed by atoms with Gasteiger partial charge in [-0.25, -0.2) is 9.97 Å². The van der Waals surface area contributed by atoms with E-state index in [-0.39, 0.29) is 0 Å². The molecule has 5 nitrogen and oxygen atoms in total. The van der Waals surface area contributed by atoms with Crippen molar-refractivity contribution in [3.63, 3.8) is 0 Å². The van der Waals surface area contributed by atoms with E-state index in [9.17, 15) is 0 Å². The summed E-state index contributed by atoms with van der Waals surface area (Å²) in [5.74, 6) is 3.78. The third kappa shape index (κ3) is 4.37.